The minimum Gasteiger partial charge on any atom is -0.389 e. The predicted molar refractivity (Wildman–Crippen MR) is 86.6 cm³/mol. The number of hydrogen-bond acceptors (Lipinski definition) is 5. The highest BCUT2D eigenvalue weighted by molar-refractivity contribution is 5.57. The summed E-state index contributed by atoms with van der Waals surface area (Å²) in [6.07, 6.45) is 2.95. The summed E-state index contributed by atoms with van der Waals surface area (Å²) in [6, 6.07) is 8.26. The molecular formula is C16H20N4O3. The average Bonchev–Trinajstić information content (AvgIpc) is 2.99. The summed E-state index contributed by atoms with van der Waals surface area (Å²) in [7, 11) is 0. The maximum atomic E-state index is 10.7. The predicted octanol–water partition coefficient (Wildman–Crippen LogP) is 2.17. The Balaban J connectivity index is 1.67. The second-order valence-corrected chi connectivity index (χ2v) is 6.03. The molecule has 122 valence electrons. The molecule has 2 unspecified atom stereocenters. The van der Waals surface area contributed by atoms with E-state index < -0.39 is 11.0 Å². The Morgan fingerprint density at radius 1 is 1.43 bits per heavy atom. The Labute approximate surface area is 134 Å². The van der Waals surface area contributed by atoms with Gasteiger partial charge in [-0.15, -0.1) is 0 Å². The van der Waals surface area contributed by atoms with Crippen molar-refractivity contribution in [1.29, 1.82) is 0 Å². The minimum absolute atomic E-state index is 0.0608. The molecule has 0 bridgehead atoms. The lowest BCUT2D eigenvalue weighted by atomic mass is 9.91. The van der Waals surface area contributed by atoms with Crippen LogP contribution in [0.4, 0.5) is 11.4 Å². The maximum Gasteiger partial charge on any atom is 0.306 e. The lowest BCUT2D eigenvalue weighted by molar-refractivity contribution is -0.385. The van der Waals surface area contributed by atoms with Crippen LogP contribution in [0, 0.1) is 10.1 Å². The molecule has 1 aromatic heterocycles. The Bertz CT molecular complexity index is 700. The molecule has 2 aromatic rings. The summed E-state index contributed by atoms with van der Waals surface area (Å²) in [4.78, 5) is 12.4. The van der Waals surface area contributed by atoms with E-state index in [1.807, 2.05) is 12.1 Å². The van der Waals surface area contributed by atoms with Crippen LogP contribution in [0.5, 0.6) is 0 Å². The molecular weight excluding hydrogens is 296 g/mol. The van der Waals surface area contributed by atoms with Crippen molar-refractivity contribution in [2.75, 3.05) is 18.0 Å². The number of fused-ring (bicyclic) bond motifs is 1. The zero-order chi connectivity index (χ0) is 16.4. The van der Waals surface area contributed by atoms with Crippen LogP contribution in [-0.4, -0.2) is 39.0 Å². The normalized spacial score (nSPS) is 18.5. The van der Waals surface area contributed by atoms with Crippen LogP contribution in [-0.2, 0) is 6.54 Å². The summed E-state index contributed by atoms with van der Waals surface area (Å²) in [5.41, 5.74) is 2.41. The van der Waals surface area contributed by atoms with Gasteiger partial charge in [0.05, 0.1) is 17.6 Å². The minimum atomic E-state index is -0.643. The first kappa shape index (κ1) is 15.5. The number of anilines is 1. The molecule has 0 saturated heterocycles. The summed E-state index contributed by atoms with van der Waals surface area (Å²) in [6.45, 7) is 3.84. The van der Waals surface area contributed by atoms with E-state index in [-0.39, 0.29) is 12.2 Å². The molecule has 0 radical (unpaired) electrons. The van der Waals surface area contributed by atoms with Gasteiger partial charge < -0.3 is 10.0 Å². The highest BCUT2D eigenvalue weighted by Crippen LogP contribution is 2.34. The number of nitrogens with zero attached hydrogens (tertiary/aromatic N) is 4. The molecule has 0 aliphatic carbocycles. The molecule has 0 saturated carbocycles. The number of benzene rings is 1. The summed E-state index contributed by atoms with van der Waals surface area (Å²) in [5, 5.41) is 24.9. The van der Waals surface area contributed by atoms with Crippen molar-refractivity contribution < 1.29 is 10.0 Å². The molecule has 1 aliphatic rings. The second kappa shape index (κ2) is 6.37. The molecule has 1 N–H and O–H groups in total. The van der Waals surface area contributed by atoms with Crippen molar-refractivity contribution in [3.8, 4) is 0 Å². The number of para-hydroxylation sites is 1. The zero-order valence-electron chi connectivity index (χ0n) is 13.0. The van der Waals surface area contributed by atoms with Gasteiger partial charge in [-0.25, -0.2) is 0 Å². The molecule has 1 aromatic carbocycles. The van der Waals surface area contributed by atoms with E-state index in [1.165, 1.54) is 22.6 Å². The SMILES string of the molecule is CC1CCN(CC(O)Cn2cc([N+](=O)[O-])cn2)c2ccccc21. The Hall–Kier alpha value is -2.41. The van der Waals surface area contributed by atoms with Crippen molar-refractivity contribution in [3.63, 3.8) is 0 Å². The monoisotopic (exact) mass is 316 g/mol. The molecule has 2 heterocycles. The number of β-amino-alcohol motifs (C(OH)–C–C–N with tert-alkyl or cyclic N) is 1. The van der Waals surface area contributed by atoms with Gasteiger partial charge in [0.2, 0.25) is 0 Å². The fourth-order valence-electron chi connectivity index (χ4n) is 3.08. The summed E-state index contributed by atoms with van der Waals surface area (Å²) >= 11 is 0. The van der Waals surface area contributed by atoms with Gasteiger partial charge in [0, 0.05) is 18.8 Å². The molecule has 1 aliphatic heterocycles. The van der Waals surface area contributed by atoms with Crippen LogP contribution in [0.25, 0.3) is 0 Å². The van der Waals surface area contributed by atoms with Crippen molar-refractivity contribution >= 4 is 11.4 Å². The van der Waals surface area contributed by atoms with Crippen molar-refractivity contribution in [2.45, 2.75) is 31.9 Å². The van der Waals surface area contributed by atoms with Gasteiger partial charge in [0.1, 0.15) is 12.4 Å². The maximum absolute atomic E-state index is 10.7. The quantitative estimate of drug-likeness (QED) is 0.675. The van der Waals surface area contributed by atoms with Gasteiger partial charge >= 0.3 is 5.69 Å². The topological polar surface area (TPSA) is 84.4 Å². The van der Waals surface area contributed by atoms with Gasteiger partial charge in [-0.05, 0) is 24.0 Å². The zero-order valence-corrected chi connectivity index (χ0v) is 13.0. The van der Waals surface area contributed by atoms with E-state index >= 15 is 0 Å². The first-order valence-corrected chi connectivity index (χ1v) is 7.73. The van der Waals surface area contributed by atoms with Crippen LogP contribution in [0.2, 0.25) is 0 Å². The van der Waals surface area contributed by atoms with E-state index in [1.54, 1.807) is 0 Å². The van der Waals surface area contributed by atoms with Crippen LogP contribution in [0.15, 0.2) is 36.7 Å². The lowest BCUT2D eigenvalue weighted by Crippen LogP contribution is -2.38. The lowest BCUT2D eigenvalue weighted by Gasteiger charge is -2.35. The van der Waals surface area contributed by atoms with E-state index in [9.17, 15) is 15.2 Å². The third-order valence-electron chi connectivity index (χ3n) is 4.30. The molecule has 0 spiro atoms. The van der Waals surface area contributed by atoms with Crippen LogP contribution in [0.1, 0.15) is 24.8 Å². The summed E-state index contributed by atoms with van der Waals surface area (Å²) in [5.74, 6) is 0.522. The highest BCUT2D eigenvalue weighted by atomic mass is 16.6. The van der Waals surface area contributed by atoms with Crippen LogP contribution >= 0.6 is 0 Å². The van der Waals surface area contributed by atoms with Gasteiger partial charge in [-0.1, -0.05) is 25.1 Å². The largest absolute Gasteiger partial charge is 0.389 e. The fraction of sp³-hybridized carbons (Fsp3) is 0.438. The van der Waals surface area contributed by atoms with Gasteiger partial charge in [-0.2, -0.15) is 5.10 Å². The van der Waals surface area contributed by atoms with Crippen molar-refractivity contribution in [1.82, 2.24) is 9.78 Å². The summed E-state index contributed by atoms with van der Waals surface area (Å²) < 4.78 is 1.42. The standard InChI is InChI=1S/C16H20N4O3/c1-12-6-7-18(16-5-3-2-4-15(12)16)10-14(21)11-19-9-13(8-17-19)20(22)23/h2-5,8-9,12,14,21H,6-7,10-11H2,1H3. The van der Waals surface area contributed by atoms with E-state index in [4.69, 9.17) is 0 Å². The third-order valence-corrected chi connectivity index (χ3v) is 4.30. The van der Waals surface area contributed by atoms with E-state index in [0.29, 0.717) is 12.5 Å². The van der Waals surface area contributed by atoms with Crippen molar-refractivity contribution in [2.24, 2.45) is 0 Å². The van der Waals surface area contributed by atoms with Crippen LogP contribution < -0.4 is 4.90 Å². The third kappa shape index (κ3) is 3.34. The number of rotatable bonds is 5. The number of hydrogen-bond donors (Lipinski definition) is 1. The number of aromatic nitrogens is 2. The average molecular weight is 316 g/mol. The first-order valence-electron chi connectivity index (χ1n) is 7.73. The number of aliphatic hydroxyl groups is 1. The molecule has 0 amide bonds. The van der Waals surface area contributed by atoms with Gasteiger partial charge in [-0.3, -0.25) is 14.8 Å². The Morgan fingerprint density at radius 2 is 2.22 bits per heavy atom. The highest BCUT2D eigenvalue weighted by Gasteiger charge is 2.23. The molecule has 23 heavy (non-hydrogen) atoms. The number of aliphatic hydroxyl groups excluding tert-OH is 1. The second-order valence-electron chi connectivity index (χ2n) is 6.03. The van der Waals surface area contributed by atoms with E-state index in [2.05, 4.69) is 29.1 Å². The van der Waals surface area contributed by atoms with E-state index in [0.717, 1.165) is 18.7 Å². The molecule has 7 nitrogen and oxygen atoms in total. The molecule has 2 atom stereocenters. The molecule has 0 fully saturated rings. The van der Waals surface area contributed by atoms with Gasteiger partial charge in [0.25, 0.3) is 0 Å². The fourth-order valence-corrected chi connectivity index (χ4v) is 3.08. The molecule has 3 rings (SSSR count). The Morgan fingerprint density at radius 3 is 2.96 bits per heavy atom. The smallest absolute Gasteiger partial charge is 0.306 e. The molecule has 7 heteroatoms. The first-order chi connectivity index (χ1) is 11.0. The van der Waals surface area contributed by atoms with Gasteiger partial charge in [0.15, 0.2) is 0 Å². The Kier molecular flexibility index (Phi) is 4.29. The van der Waals surface area contributed by atoms with Crippen molar-refractivity contribution in [3.05, 3.63) is 52.3 Å². The van der Waals surface area contributed by atoms with Crippen LogP contribution in [0.3, 0.4) is 0 Å². The number of nitro groups is 1.